The molecule has 0 bridgehead atoms. The van der Waals surface area contributed by atoms with E-state index in [-0.39, 0.29) is 16.7 Å². The summed E-state index contributed by atoms with van der Waals surface area (Å²) in [6.45, 7) is 2.79. The molecule has 4 rings (SSSR count). The molecule has 0 spiro atoms. The molecule has 1 aromatic heterocycles. The molecule has 3 N–H and O–H groups in total. The third-order valence-electron chi connectivity index (χ3n) is 4.90. The van der Waals surface area contributed by atoms with Crippen molar-refractivity contribution in [1.29, 1.82) is 0 Å². The fourth-order valence-electron chi connectivity index (χ4n) is 3.35. The van der Waals surface area contributed by atoms with Gasteiger partial charge in [0.15, 0.2) is 0 Å². The van der Waals surface area contributed by atoms with Gasteiger partial charge in [-0.25, -0.2) is 13.6 Å². The summed E-state index contributed by atoms with van der Waals surface area (Å²) in [5.41, 5.74) is 3.55. The van der Waals surface area contributed by atoms with Crippen LogP contribution in [0.1, 0.15) is 30.5 Å². The molecule has 29 heavy (non-hydrogen) atoms. The van der Waals surface area contributed by atoms with Gasteiger partial charge in [0.05, 0.1) is 28.5 Å². The zero-order valence-electron chi connectivity index (χ0n) is 15.8. The molecule has 1 aliphatic heterocycles. The van der Waals surface area contributed by atoms with Crippen LogP contribution in [0.4, 0.5) is 5.69 Å². The molecule has 0 fully saturated rings. The molecule has 1 aliphatic rings. The maximum absolute atomic E-state index is 11.6. The van der Waals surface area contributed by atoms with Crippen molar-refractivity contribution >= 4 is 21.4 Å². The number of benzene rings is 2. The highest BCUT2D eigenvalue weighted by Crippen LogP contribution is 2.37. The average molecular weight is 411 g/mol. The second kappa shape index (κ2) is 7.34. The molecule has 0 amide bonds. The van der Waals surface area contributed by atoms with E-state index in [2.05, 4.69) is 5.10 Å². The van der Waals surface area contributed by atoms with Crippen molar-refractivity contribution in [1.82, 2.24) is 9.78 Å². The van der Waals surface area contributed by atoms with Crippen LogP contribution in [0, 0.1) is 0 Å². The summed E-state index contributed by atoms with van der Waals surface area (Å²) < 4.78 is 25.0. The van der Waals surface area contributed by atoms with Crippen LogP contribution in [-0.2, 0) is 16.6 Å². The Labute approximate surface area is 168 Å². The van der Waals surface area contributed by atoms with Crippen molar-refractivity contribution in [3.8, 4) is 5.75 Å². The van der Waals surface area contributed by atoms with Crippen LogP contribution in [0.15, 0.2) is 70.9 Å². The summed E-state index contributed by atoms with van der Waals surface area (Å²) in [7, 11) is -3.76. The van der Waals surface area contributed by atoms with Gasteiger partial charge in [0.25, 0.3) is 0 Å². The number of rotatable bonds is 5. The number of hydrogen-bond donors (Lipinski definition) is 2. The van der Waals surface area contributed by atoms with Gasteiger partial charge in [-0.2, -0.15) is 10.2 Å². The second-order valence-corrected chi connectivity index (χ2v) is 8.39. The van der Waals surface area contributed by atoms with Crippen LogP contribution < -0.4 is 10.1 Å². The highest BCUT2D eigenvalue weighted by atomic mass is 32.2. The van der Waals surface area contributed by atoms with Gasteiger partial charge in [0.1, 0.15) is 5.75 Å². The first-order valence-corrected chi connectivity index (χ1v) is 10.7. The first-order valence-electron chi connectivity index (χ1n) is 9.16. The third-order valence-corrected chi connectivity index (χ3v) is 5.83. The number of phenolic OH excluding ortho intramolecular Hbond substituents is 1. The van der Waals surface area contributed by atoms with Gasteiger partial charge in [-0.1, -0.05) is 0 Å². The Morgan fingerprint density at radius 2 is 1.83 bits per heavy atom. The molecule has 2 aromatic carbocycles. The maximum atomic E-state index is 11.6. The number of aromatic nitrogens is 2. The lowest BCUT2D eigenvalue weighted by Crippen LogP contribution is -2.18. The van der Waals surface area contributed by atoms with Crippen molar-refractivity contribution in [2.45, 2.75) is 30.8 Å². The van der Waals surface area contributed by atoms with Crippen molar-refractivity contribution in [3.05, 3.63) is 72.1 Å². The largest absolute Gasteiger partial charge is 0.508 e. The molecule has 8 nitrogen and oxygen atoms in total. The maximum Gasteiger partial charge on any atom is 0.238 e. The molecule has 2 heterocycles. The Bertz CT molecular complexity index is 1150. The zero-order valence-corrected chi connectivity index (χ0v) is 16.6. The van der Waals surface area contributed by atoms with Gasteiger partial charge in [-0.05, 0) is 61.0 Å². The fourth-order valence-corrected chi connectivity index (χ4v) is 3.86. The van der Waals surface area contributed by atoms with Crippen LogP contribution in [0.5, 0.6) is 5.75 Å². The number of hydrogen-bond acceptors (Lipinski definition) is 6. The summed E-state index contributed by atoms with van der Waals surface area (Å²) in [6, 6.07) is 13.2. The number of hydrazone groups is 1. The molecule has 0 aliphatic carbocycles. The van der Waals surface area contributed by atoms with E-state index in [4.69, 9.17) is 10.2 Å². The number of sulfonamides is 1. The molecule has 0 unspecified atom stereocenters. The van der Waals surface area contributed by atoms with E-state index < -0.39 is 10.0 Å². The van der Waals surface area contributed by atoms with E-state index in [9.17, 15) is 13.5 Å². The van der Waals surface area contributed by atoms with E-state index in [0.29, 0.717) is 6.42 Å². The Kier molecular flexibility index (Phi) is 4.85. The number of aromatic hydroxyl groups is 1. The van der Waals surface area contributed by atoms with E-state index >= 15 is 0 Å². The predicted octanol–water partition coefficient (Wildman–Crippen LogP) is 2.61. The van der Waals surface area contributed by atoms with Gasteiger partial charge < -0.3 is 5.11 Å². The molecular weight excluding hydrogens is 390 g/mol. The van der Waals surface area contributed by atoms with Gasteiger partial charge in [0.2, 0.25) is 10.0 Å². The smallest absolute Gasteiger partial charge is 0.238 e. The number of aryl methyl sites for hydroxylation is 1. The van der Waals surface area contributed by atoms with Crippen LogP contribution >= 0.6 is 0 Å². The van der Waals surface area contributed by atoms with Crippen LogP contribution in [0.25, 0.3) is 0 Å². The SMILES string of the molecule is CCn1cc([C@@H]2CC(c3ccc(O)cc3)=NN2c2ccc(S(N)(=O)=O)cc2)cn1. The fraction of sp³-hybridized carbons (Fsp3) is 0.200. The minimum Gasteiger partial charge on any atom is -0.508 e. The molecule has 9 heteroatoms. The molecule has 1 atom stereocenters. The van der Waals surface area contributed by atoms with Crippen molar-refractivity contribution in [2.75, 3.05) is 5.01 Å². The summed E-state index contributed by atoms with van der Waals surface area (Å²) >= 11 is 0. The highest BCUT2D eigenvalue weighted by molar-refractivity contribution is 7.89. The van der Waals surface area contributed by atoms with E-state index in [1.54, 1.807) is 24.3 Å². The number of primary sulfonamides is 1. The van der Waals surface area contributed by atoms with Gasteiger partial charge in [0, 0.05) is 24.7 Å². The Balaban J connectivity index is 1.73. The van der Waals surface area contributed by atoms with Gasteiger partial charge in [-0.15, -0.1) is 0 Å². The number of nitrogens with zero attached hydrogens (tertiary/aromatic N) is 4. The lowest BCUT2D eigenvalue weighted by Gasteiger charge is -2.22. The number of phenols is 1. The minimum atomic E-state index is -3.76. The molecule has 0 radical (unpaired) electrons. The quantitative estimate of drug-likeness (QED) is 0.670. The summed E-state index contributed by atoms with van der Waals surface area (Å²) in [4.78, 5) is 0.0542. The molecule has 150 valence electrons. The van der Waals surface area contributed by atoms with Crippen molar-refractivity contribution in [2.24, 2.45) is 10.2 Å². The van der Waals surface area contributed by atoms with E-state index in [1.807, 2.05) is 41.1 Å². The average Bonchev–Trinajstić information content (AvgIpc) is 3.35. The Morgan fingerprint density at radius 3 is 2.41 bits per heavy atom. The van der Waals surface area contributed by atoms with Crippen LogP contribution in [0.3, 0.4) is 0 Å². The lowest BCUT2D eigenvalue weighted by molar-refractivity contribution is 0.475. The number of anilines is 1. The monoisotopic (exact) mass is 411 g/mol. The van der Waals surface area contributed by atoms with E-state index in [0.717, 1.165) is 29.1 Å². The van der Waals surface area contributed by atoms with Crippen LogP contribution in [0.2, 0.25) is 0 Å². The van der Waals surface area contributed by atoms with Gasteiger partial charge >= 0.3 is 0 Å². The first-order chi connectivity index (χ1) is 13.8. The summed E-state index contributed by atoms with van der Waals surface area (Å²) in [5, 5.41) is 25.8. The summed E-state index contributed by atoms with van der Waals surface area (Å²) in [6.07, 6.45) is 4.47. The van der Waals surface area contributed by atoms with Crippen molar-refractivity contribution < 1.29 is 13.5 Å². The highest BCUT2D eigenvalue weighted by Gasteiger charge is 2.31. The lowest BCUT2D eigenvalue weighted by atomic mass is 10.0. The molecular formula is C20H21N5O3S. The third kappa shape index (κ3) is 3.87. The molecule has 0 saturated heterocycles. The first kappa shape index (κ1) is 19.2. The van der Waals surface area contributed by atoms with Gasteiger partial charge in [-0.3, -0.25) is 9.69 Å². The topological polar surface area (TPSA) is 114 Å². The second-order valence-electron chi connectivity index (χ2n) is 6.83. The standard InChI is InChI=1S/C20H21N5O3S/c1-2-24-13-15(12-22-24)20-11-19(14-3-7-17(26)8-4-14)23-25(20)16-5-9-18(10-6-16)29(21,27)28/h3-10,12-13,20,26H,2,11H2,1H3,(H2,21,27,28)/t20-/m0/s1. The zero-order chi connectivity index (χ0) is 20.6. The minimum absolute atomic E-state index is 0.0542. The molecule has 3 aromatic rings. The van der Waals surface area contributed by atoms with E-state index in [1.165, 1.54) is 12.1 Å². The Morgan fingerprint density at radius 1 is 1.14 bits per heavy atom. The van der Waals surface area contributed by atoms with Crippen molar-refractivity contribution in [3.63, 3.8) is 0 Å². The number of nitrogens with two attached hydrogens (primary N) is 1. The predicted molar refractivity (Wildman–Crippen MR) is 110 cm³/mol. The summed E-state index contributed by atoms with van der Waals surface area (Å²) in [5.74, 6) is 0.198. The molecule has 0 saturated carbocycles. The normalized spacial score (nSPS) is 16.8. The van der Waals surface area contributed by atoms with Crippen LogP contribution in [-0.4, -0.2) is 29.0 Å². The Hall–Kier alpha value is -3.17.